The zero-order valence-electron chi connectivity index (χ0n) is 16.5. The molecule has 2 heterocycles. The van der Waals surface area contributed by atoms with Gasteiger partial charge in [0.25, 0.3) is 0 Å². The number of benzene rings is 2. The van der Waals surface area contributed by atoms with Crippen LogP contribution in [-0.2, 0) is 14.9 Å². The second-order valence-corrected chi connectivity index (χ2v) is 8.35. The molecular weight excluding hydrogens is 387 g/mol. The van der Waals surface area contributed by atoms with Crippen LogP contribution in [0.25, 0.3) is 11.3 Å². The topological polar surface area (TPSA) is 51.2 Å². The van der Waals surface area contributed by atoms with E-state index in [0.717, 1.165) is 16.8 Å². The first kappa shape index (κ1) is 19.7. The van der Waals surface area contributed by atoms with Gasteiger partial charge in [-0.15, -0.1) is 11.3 Å². The van der Waals surface area contributed by atoms with E-state index in [9.17, 15) is 9.18 Å². The molecule has 1 fully saturated rings. The largest absolute Gasteiger partial charge is 0.381 e. The highest BCUT2D eigenvalue weighted by molar-refractivity contribution is 7.14. The Labute approximate surface area is 173 Å². The molecule has 0 unspecified atom stereocenters. The van der Waals surface area contributed by atoms with Gasteiger partial charge in [0.05, 0.1) is 11.1 Å². The minimum absolute atomic E-state index is 0.117. The number of thiazole rings is 1. The van der Waals surface area contributed by atoms with Crippen molar-refractivity contribution in [1.82, 2.24) is 4.98 Å². The summed E-state index contributed by atoms with van der Waals surface area (Å²) in [7, 11) is 0. The summed E-state index contributed by atoms with van der Waals surface area (Å²) in [6, 6.07) is 12.4. The van der Waals surface area contributed by atoms with Crippen molar-refractivity contribution in [2.75, 3.05) is 18.5 Å². The van der Waals surface area contributed by atoms with Gasteiger partial charge in [0.2, 0.25) is 5.91 Å². The molecule has 1 aliphatic rings. The minimum atomic E-state index is -0.738. The number of aromatic nitrogens is 1. The lowest BCUT2D eigenvalue weighted by molar-refractivity contribution is -0.125. The van der Waals surface area contributed by atoms with E-state index in [1.807, 2.05) is 11.4 Å². The average Bonchev–Trinajstić information content (AvgIpc) is 3.19. The van der Waals surface area contributed by atoms with Crippen LogP contribution in [0, 0.1) is 19.7 Å². The first-order chi connectivity index (χ1) is 14.0. The van der Waals surface area contributed by atoms with Gasteiger partial charge < -0.3 is 10.1 Å². The summed E-state index contributed by atoms with van der Waals surface area (Å²) in [4.78, 5) is 17.9. The predicted molar refractivity (Wildman–Crippen MR) is 114 cm³/mol. The molecule has 1 N–H and O–H groups in total. The first-order valence-electron chi connectivity index (χ1n) is 9.66. The number of carbonyl (C=O) groups is 1. The Balaban J connectivity index is 1.59. The van der Waals surface area contributed by atoms with E-state index in [1.54, 1.807) is 12.1 Å². The number of amides is 1. The van der Waals surface area contributed by atoms with Crippen molar-refractivity contribution in [2.24, 2.45) is 0 Å². The Morgan fingerprint density at radius 3 is 2.52 bits per heavy atom. The number of nitrogens with one attached hydrogen (secondary N) is 1. The number of anilines is 1. The monoisotopic (exact) mass is 410 g/mol. The van der Waals surface area contributed by atoms with Crippen LogP contribution in [0.1, 0.15) is 29.5 Å². The molecule has 4 rings (SSSR count). The second kappa shape index (κ2) is 8.05. The number of carbonyl (C=O) groups excluding carboxylic acids is 1. The molecule has 2 aromatic carbocycles. The van der Waals surface area contributed by atoms with E-state index in [-0.39, 0.29) is 11.7 Å². The maximum absolute atomic E-state index is 13.4. The number of hydrogen-bond acceptors (Lipinski definition) is 4. The normalized spacial score (nSPS) is 15.8. The molecule has 0 atom stereocenters. The van der Waals surface area contributed by atoms with Gasteiger partial charge in [0, 0.05) is 24.2 Å². The van der Waals surface area contributed by atoms with Crippen LogP contribution in [0.4, 0.5) is 9.52 Å². The zero-order chi connectivity index (χ0) is 20.4. The minimum Gasteiger partial charge on any atom is -0.381 e. The molecule has 3 aromatic rings. The summed E-state index contributed by atoms with van der Waals surface area (Å²) in [5.41, 5.74) is 4.39. The average molecular weight is 411 g/mol. The molecule has 150 valence electrons. The Morgan fingerprint density at radius 2 is 1.83 bits per heavy atom. The summed E-state index contributed by atoms with van der Waals surface area (Å²) < 4.78 is 18.9. The van der Waals surface area contributed by atoms with Crippen LogP contribution < -0.4 is 5.32 Å². The summed E-state index contributed by atoms with van der Waals surface area (Å²) in [5, 5.41) is 5.52. The molecule has 0 radical (unpaired) electrons. The third kappa shape index (κ3) is 3.95. The Kier molecular flexibility index (Phi) is 5.48. The van der Waals surface area contributed by atoms with Gasteiger partial charge >= 0.3 is 0 Å². The Hall–Kier alpha value is -2.57. The highest BCUT2D eigenvalue weighted by Gasteiger charge is 2.42. The fourth-order valence-electron chi connectivity index (χ4n) is 3.72. The van der Waals surface area contributed by atoms with Gasteiger partial charge in [-0.05, 0) is 61.6 Å². The number of ether oxygens (including phenoxy) is 1. The van der Waals surface area contributed by atoms with Crippen molar-refractivity contribution in [2.45, 2.75) is 32.1 Å². The quantitative estimate of drug-likeness (QED) is 0.639. The molecular formula is C23H23FN2O2S. The van der Waals surface area contributed by atoms with Crippen molar-refractivity contribution in [3.05, 3.63) is 70.4 Å². The third-order valence-electron chi connectivity index (χ3n) is 5.71. The van der Waals surface area contributed by atoms with E-state index in [0.29, 0.717) is 31.2 Å². The summed E-state index contributed by atoms with van der Waals surface area (Å²) in [6.45, 7) is 5.15. The van der Waals surface area contributed by atoms with Gasteiger partial charge in [-0.2, -0.15) is 0 Å². The molecule has 1 aliphatic heterocycles. The van der Waals surface area contributed by atoms with Crippen LogP contribution in [0.2, 0.25) is 0 Å². The molecule has 1 saturated heterocycles. The van der Waals surface area contributed by atoms with Crippen LogP contribution in [-0.4, -0.2) is 24.1 Å². The molecule has 6 heteroatoms. The number of aryl methyl sites for hydroxylation is 2. The van der Waals surface area contributed by atoms with Crippen molar-refractivity contribution in [3.8, 4) is 11.3 Å². The smallest absolute Gasteiger partial charge is 0.236 e. The SMILES string of the molecule is Cc1ccc(-c2csc(NC(=O)C3(c4ccc(F)cc4)CCOCC3)n2)cc1C. The van der Waals surface area contributed by atoms with Crippen molar-refractivity contribution in [3.63, 3.8) is 0 Å². The van der Waals surface area contributed by atoms with Crippen molar-refractivity contribution >= 4 is 22.4 Å². The van der Waals surface area contributed by atoms with E-state index in [4.69, 9.17) is 4.74 Å². The lowest BCUT2D eigenvalue weighted by Crippen LogP contribution is -2.44. The lowest BCUT2D eigenvalue weighted by Gasteiger charge is -2.36. The number of hydrogen-bond donors (Lipinski definition) is 1. The zero-order valence-corrected chi connectivity index (χ0v) is 17.3. The highest BCUT2D eigenvalue weighted by atomic mass is 32.1. The van der Waals surface area contributed by atoms with Crippen LogP contribution >= 0.6 is 11.3 Å². The molecule has 0 saturated carbocycles. The number of halogens is 1. The molecule has 1 aromatic heterocycles. The van der Waals surface area contributed by atoms with E-state index in [1.165, 1.54) is 34.6 Å². The van der Waals surface area contributed by atoms with Gasteiger partial charge in [-0.25, -0.2) is 9.37 Å². The summed E-state index contributed by atoms with van der Waals surface area (Å²) in [6.07, 6.45) is 1.11. The maximum Gasteiger partial charge on any atom is 0.236 e. The highest BCUT2D eigenvalue weighted by Crippen LogP contribution is 2.37. The predicted octanol–water partition coefficient (Wildman–Crippen LogP) is 5.25. The standard InChI is InChI=1S/C23H23FN2O2S/c1-15-3-4-17(13-16(15)2)20-14-29-22(25-20)26-21(27)23(9-11-28-12-10-23)18-5-7-19(24)8-6-18/h3-8,13-14H,9-12H2,1-2H3,(H,25,26,27). The van der Waals surface area contributed by atoms with Crippen molar-refractivity contribution in [1.29, 1.82) is 0 Å². The second-order valence-electron chi connectivity index (χ2n) is 7.49. The van der Waals surface area contributed by atoms with Gasteiger partial charge in [-0.3, -0.25) is 4.79 Å². The number of rotatable bonds is 4. The van der Waals surface area contributed by atoms with Crippen molar-refractivity contribution < 1.29 is 13.9 Å². The van der Waals surface area contributed by atoms with Gasteiger partial charge in [-0.1, -0.05) is 24.3 Å². The Morgan fingerprint density at radius 1 is 1.10 bits per heavy atom. The molecule has 4 nitrogen and oxygen atoms in total. The first-order valence-corrected chi connectivity index (χ1v) is 10.5. The molecule has 0 spiro atoms. The maximum atomic E-state index is 13.4. The fourth-order valence-corrected chi connectivity index (χ4v) is 4.43. The van der Waals surface area contributed by atoms with Crippen LogP contribution in [0.3, 0.4) is 0 Å². The summed E-state index contributed by atoms with van der Waals surface area (Å²) >= 11 is 1.41. The van der Waals surface area contributed by atoms with Crippen LogP contribution in [0.15, 0.2) is 47.8 Å². The Bertz CT molecular complexity index is 1020. The van der Waals surface area contributed by atoms with E-state index >= 15 is 0 Å². The van der Waals surface area contributed by atoms with Gasteiger partial charge in [0.15, 0.2) is 5.13 Å². The van der Waals surface area contributed by atoms with Crippen LogP contribution in [0.5, 0.6) is 0 Å². The van der Waals surface area contributed by atoms with Gasteiger partial charge in [0.1, 0.15) is 5.82 Å². The molecule has 1 amide bonds. The summed E-state index contributed by atoms with van der Waals surface area (Å²) in [5.74, 6) is -0.428. The fraction of sp³-hybridized carbons (Fsp3) is 0.304. The van der Waals surface area contributed by atoms with E-state index < -0.39 is 5.41 Å². The molecule has 0 aliphatic carbocycles. The molecule has 0 bridgehead atoms. The van der Waals surface area contributed by atoms with E-state index in [2.05, 4.69) is 36.3 Å². The lowest BCUT2D eigenvalue weighted by atomic mass is 9.73. The third-order valence-corrected chi connectivity index (χ3v) is 6.46. The number of nitrogens with zero attached hydrogens (tertiary/aromatic N) is 1. The molecule has 29 heavy (non-hydrogen) atoms.